The number of imidazole rings is 1. The minimum absolute atomic E-state index is 0.0233. The number of urea groups is 5. The Hall–Kier alpha value is -13.0. The standard InChI is InChI=1S/C16H29N7O5.C16H23N5O7.C15H21N7O6.C15H27N5O5.C11H19N5O6/c1-9(25)12(8-24)21-16(27)20-11(5-6-13(19)26)15-22-14(23-28-15)10(18)4-2-3-7-17;1-8(22)10(7-13(25)26)18-16(27)21-6-2-3-11(21)15-19-14(20-28-15)9(17)4-5-12(23)24;1-7(24)11(5-23)20-15(27)19-10(3-12(25)26)14-21-13(22-28-14)9(16)2-8-4-17-6-18-8;1-5-7(2)11(14-19-13(20-25-14)10(16)6-21)17-15(24)18-12(8(3)22)9(4)23;1-5(20)7(3-18)13-11(21)14-8(4-19)10-15-9(16-22-10)6(12)2-17/h10-12,24H,2-8,17-18H2,1H3,(H2,19,26)(H2,20,21,27);9-11H,2-7,17H2,1H3,(H,18,27)(H,23,24)(H,25,26);4,6,9-11,23H,2-3,5,16H2,1H3,(H,17,18)(H,25,26)(H2,19,20,27);7-8,10-12,21-22H,5-6,16H2,1-4H3,(H2,17,18,24);6-8,17-19H,2-4,12H2,1H3,(H2,13,14,21)/t10-,11-,12-;2*9-,10-,11-;7?,8-,10+,11+,12+;6-,7-,8-/m00010/s1. The van der Waals surface area contributed by atoms with Crippen LogP contribution in [0.5, 0.6) is 0 Å². The van der Waals surface area contributed by atoms with E-state index in [0.717, 1.165) is 18.5 Å². The quantitative estimate of drug-likeness (QED) is 0.0159. The van der Waals surface area contributed by atoms with Gasteiger partial charge in [-0.15, -0.1) is 0 Å². The molecule has 730 valence electrons. The van der Waals surface area contributed by atoms with Gasteiger partial charge >= 0.3 is 48.1 Å². The Morgan fingerprint density at radius 2 is 0.924 bits per heavy atom. The van der Waals surface area contributed by atoms with Crippen molar-refractivity contribution >= 4 is 82.9 Å². The number of amides is 11. The zero-order valence-corrected chi connectivity index (χ0v) is 73.0. The SMILES string of the molecule is CC(=O)[C@H](CC(=O)O)NC(=O)N1CCC[C@H]1c1nc([C@@H](N)CCC(=O)O)no1.CC(=O)[C@H](CO)NC(=O)N[C@@H](CC(=O)O)c1nc([C@@H](N)Cc2cnc[nH]2)no1.CC(=O)[C@H](CO)NC(=O)N[C@@H](CCC(N)=O)c1nc([C@@H](N)CCCCN)no1.CC(=O)[C@H](CO)NC(=O)N[C@@H](CO)c1nc([C@@H](N)CO)no1.CCC(C)[C@H](NC(=O)N[C@H](C(C)=O)[C@@H](C)O)c1nc([C@@H](N)CO)no1. The van der Waals surface area contributed by atoms with Crippen LogP contribution in [0.3, 0.4) is 0 Å². The van der Waals surface area contributed by atoms with E-state index in [4.69, 9.17) is 104 Å². The lowest BCUT2D eigenvalue weighted by molar-refractivity contribution is -0.139. The summed E-state index contributed by atoms with van der Waals surface area (Å²) in [4.78, 5) is 190. The molecule has 58 nitrogen and oxygen atoms in total. The molecular formula is C73H119N29O29. The van der Waals surface area contributed by atoms with Crippen molar-refractivity contribution in [3.8, 4) is 0 Å². The minimum Gasteiger partial charge on any atom is -0.481 e. The maximum Gasteiger partial charge on any atom is 0.318 e. The summed E-state index contributed by atoms with van der Waals surface area (Å²) in [6.07, 6.45) is 5.57. The molecule has 17 atom stereocenters. The van der Waals surface area contributed by atoms with Crippen molar-refractivity contribution in [1.29, 1.82) is 0 Å². The number of ketones is 5. The molecular weight excluding hydrogens is 1750 g/mol. The number of Topliss-reactive ketones (excluding diaryl/α,β-unsaturated/α-hetero) is 5. The highest BCUT2D eigenvalue weighted by atomic mass is 16.5. The van der Waals surface area contributed by atoms with Crippen molar-refractivity contribution < 1.29 is 141 Å². The Morgan fingerprint density at radius 3 is 1.36 bits per heavy atom. The Bertz CT molecular complexity index is 4580. The van der Waals surface area contributed by atoms with Crippen molar-refractivity contribution in [2.75, 3.05) is 52.7 Å². The van der Waals surface area contributed by atoms with Crippen LogP contribution in [0.4, 0.5) is 24.0 Å². The third-order valence-corrected chi connectivity index (χ3v) is 18.9. The van der Waals surface area contributed by atoms with Crippen LogP contribution in [0.1, 0.15) is 257 Å². The Labute approximate surface area is 745 Å². The number of nitrogens with one attached hydrogen (secondary N) is 10. The molecule has 1 unspecified atom stereocenters. The van der Waals surface area contributed by atoms with E-state index in [-0.39, 0.29) is 103 Å². The number of carbonyl (C=O) groups is 14. The van der Waals surface area contributed by atoms with E-state index >= 15 is 0 Å². The maximum absolute atomic E-state index is 12.5. The summed E-state index contributed by atoms with van der Waals surface area (Å²) in [6.45, 7) is 9.33. The molecule has 1 aliphatic rings. The molecule has 6 aromatic heterocycles. The third-order valence-electron chi connectivity index (χ3n) is 18.9. The summed E-state index contributed by atoms with van der Waals surface area (Å²) in [7, 11) is 0. The molecule has 34 N–H and O–H groups in total. The van der Waals surface area contributed by atoms with Gasteiger partial charge in [0.2, 0.25) is 29.5 Å². The Kier molecular flexibility index (Phi) is 49.5. The van der Waals surface area contributed by atoms with Crippen molar-refractivity contribution in [2.45, 2.75) is 236 Å². The number of H-pyrrole nitrogens is 1. The molecule has 1 fully saturated rings. The second kappa shape index (κ2) is 57.8. The second-order valence-corrected chi connectivity index (χ2v) is 29.6. The summed E-state index contributed by atoms with van der Waals surface area (Å²) < 4.78 is 25.5. The van der Waals surface area contributed by atoms with Gasteiger partial charge in [0.05, 0.1) is 101 Å². The highest BCUT2D eigenvalue weighted by Crippen LogP contribution is 2.32. The van der Waals surface area contributed by atoms with Crippen molar-refractivity contribution in [1.82, 2.24) is 113 Å². The number of likely N-dealkylation sites (tertiary alicyclic amines) is 1. The fourth-order valence-electron chi connectivity index (χ4n) is 11.2. The number of unbranched alkanes of at least 4 members (excludes halogenated alkanes) is 1. The summed E-state index contributed by atoms with van der Waals surface area (Å²) in [5, 5.41) is 131. The maximum atomic E-state index is 12.5. The lowest BCUT2D eigenvalue weighted by Crippen LogP contribution is -2.51. The Balaban J connectivity index is 0.000000423. The number of aliphatic carboxylic acids is 3. The fraction of sp³-hybridized carbons (Fsp3) is 0.630. The lowest BCUT2D eigenvalue weighted by Gasteiger charge is -2.24. The van der Waals surface area contributed by atoms with E-state index in [1.165, 1.54) is 52.8 Å². The molecule has 0 radical (unpaired) electrons. The number of carbonyl (C=O) groups excluding carboxylic acids is 11. The first kappa shape index (κ1) is 112. The van der Waals surface area contributed by atoms with Crippen LogP contribution >= 0.6 is 0 Å². The molecule has 0 saturated carbocycles. The topological polar surface area (TPSA) is 958 Å². The van der Waals surface area contributed by atoms with Gasteiger partial charge in [-0.05, 0) is 92.5 Å². The van der Waals surface area contributed by atoms with Gasteiger partial charge in [-0.2, -0.15) is 24.9 Å². The van der Waals surface area contributed by atoms with E-state index in [0.29, 0.717) is 45.2 Å². The van der Waals surface area contributed by atoms with Crippen LogP contribution in [-0.2, 0) is 49.6 Å². The fourth-order valence-corrected chi connectivity index (χ4v) is 11.2. The van der Waals surface area contributed by atoms with Crippen molar-refractivity contribution in [3.63, 3.8) is 0 Å². The normalized spacial score (nSPS) is 15.8. The number of carboxylic acids is 3. The van der Waals surface area contributed by atoms with E-state index in [2.05, 4.69) is 109 Å². The molecule has 0 aliphatic carbocycles. The van der Waals surface area contributed by atoms with Crippen LogP contribution in [0.2, 0.25) is 0 Å². The summed E-state index contributed by atoms with van der Waals surface area (Å²) >= 11 is 0. The molecule has 7 heterocycles. The van der Waals surface area contributed by atoms with Gasteiger partial charge in [0, 0.05) is 37.7 Å². The van der Waals surface area contributed by atoms with Crippen LogP contribution in [0, 0.1) is 5.92 Å². The number of carboxylic acid groups (broad SMARTS) is 3. The second-order valence-electron chi connectivity index (χ2n) is 29.6. The molecule has 0 spiro atoms. The number of aliphatic hydroxyl groups excluding tert-OH is 7. The number of nitrogens with two attached hydrogens (primary N) is 7. The number of aromatic nitrogens is 12. The number of hydrogen-bond donors (Lipinski definition) is 27. The molecule has 7 rings (SSSR count). The molecule has 0 bridgehead atoms. The predicted molar refractivity (Wildman–Crippen MR) is 442 cm³/mol. The lowest BCUT2D eigenvalue weighted by atomic mass is 9.99. The van der Waals surface area contributed by atoms with Gasteiger partial charge in [-0.3, -0.25) is 43.2 Å². The average Bonchev–Trinajstić information content (AvgIpc) is 1.67. The molecule has 11 amide bonds. The van der Waals surface area contributed by atoms with Gasteiger partial charge < -0.3 is 172 Å². The highest BCUT2D eigenvalue weighted by Gasteiger charge is 2.38. The summed E-state index contributed by atoms with van der Waals surface area (Å²) in [5.74, 6) is -5.33. The van der Waals surface area contributed by atoms with Gasteiger partial charge in [0.25, 0.3) is 5.89 Å². The van der Waals surface area contributed by atoms with E-state index in [9.17, 15) is 77.3 Å². The smallest absolute Gasteiger partial charge is 0.318 e. The van der Waals surface area contributed by atoms with E-state index < -0.39 is 220 Å². The highest BCUT2D eigenvalue weighted by molar-refractivity contribution is 5.91. The Morgan fingerprint density at radius 1 is 0.481 bits per heavy atom. The number of primary amides is 1. The zero-order chi connectivity index (χ0) is 98.5. The minimum atomic E-state index is -1.22. The summed E-state index contributed by atoms with van der Waals surface area (Å²) in [6, 6.07) is -16.6. The van der Waals surface area contributed by atoms with Crippen LogP contribution < -0.4 is 88.0 Å². The number of aliphatic hydroxyl groups is 7. The zero-order valence-electron chi connectivity index (χ0n) is 73.0. The predicted octanol–water partition coefficient (Wildman–Crippen LogP) is -5.10. The van der Waals surface area contributed by atoms with Gasteiger partial charge in [-0.25, -0.2) is 29.0 Å². The van der Waals surface area contributed by atoms with E-state index in [1.54, 1.807) is 6.20 Å². The van der Waals surface area contributed by atoms with Gasteiger partial charge in [-0.1, -0.05) is 52.5 Å². The number of nitrogens with zero attached hydrogens (tertiary/aromatic N) is 12. The molecule has 58 heteroatoms. The number of aromatic amines is 1. The molecule has 131 heavy (non-hydrogen) atoms. The molecule has 1 aliphatic heterocycles. The summed E-state index contributed by atoms with van der Waals surface area (Å²) in [5.41, 5.74) is 40.4. The van der Waals surface area contributed by atoms with Gasteiger partial charge in [0.1, 0.15) is 54.4 Å². The van der Waals surface area contributed by atoms with Crippen LogP contribution in [0.15, 0.2) is 35.1 Å². The largest absolute Gasteiger partial charge is 0.481 e. The number of rotatable bonds is 49. The van der Waals surface area contributed by atoms with Crippen LogP contribution in [-0.4, -0.2) is 289 Å². The van der Waals surface area contributed by atoms with E-state index in [1.807, 2.05) is 13.8 Å². The molecule has 6 aromatic rings. The molecule has 1 saturated heterocycles. The first-order valence-electron chi connectivity index (χ1n) is 40.7. The first-order chi connectivity index (χ1) is 61.9. The third kappa shape index (κ3) is 39.4. The number of hydrogen-bond acceptors (Lipinski definition) is 43. The molecule has 0 aromatic carbocycles. The first-order valence-corrected chi connectivity index (χ1v) is 40.7. The van der Waals surface area contributed by atoms with Crippen molar-refractivity contribution in [3.05, 3.63) is 76.8 Å². The van der Waals surface area contributed by atoms with Gasteiger partial charge in [0.15, 0.2) is 58.0 Å². The average molecular weight is 1870 g/mol. The van der Waals surface area contributed by atoms with Crippen LogP contribution in [0.25, 0.3) is 0 Å². The monoisotopic (exact) mass is 1870 g/mol. The van der Waals surface area contributed by atoms with Crippen molar-refractivity contribution in [2.24, 2.45) is 46.1 Å².